The summed E-state index contributed by atoms with van der Waals surface area (Å²) in [5.41, 5.74) is 4.61. The minimum atomic E-state index is -4.01. The average Bonchev–Trinajstić information content (AvgIpc) is 2.96. The van der Waals surface area contributed by atoms with Crippen molar-refractivity contribution in [2.45, 2.75) is 11.4 Å². The zero-order chi connectivity index (χ0) is 27.0. The highest BCUT2D eigenvalue weighted by atomic mass is 32.2. The SMILES string of the molecule is COC(=O)c1ccc(/C=N\NC(=O)c2ccccc2N(Cc2ccccc2)S(=O)(=O)c2ccccc2)cc1. The van der Waals surface area contributed by atoms with Crippen molar-refractivity contribution in [2.75, 3.05) is 11.4 Å². The van der Waals surface area contributed by atoms with Crippen LogP contribution < -0.4 is 9.73 Å². The van der Waals surface area contributed by atoms with Gasteiger partial charge in [-0.1, -0.05) is 72.8 Å². The van der Waals surface area contributed by atoms with Crippen LogP contribution in [0.2, 0.25) is 0 Å². The Kier molecular flexibility index (Phi) is 8.30. The summed E-state index contributed by atoms with van der Waals surface area (Å²) < 4.78 is 33.4. The van der Waals surface area contributed by atoms with Crippen LogP contribution in [-0.4, -0.2) is 33.6 Å². The molecule has 0 aliphatic carbocycles. The number of esters is 1. The molecular weight excluding hydrogens is 502 g/mol. The normalized spacial score (nSPS) is 11.2. The van der Waals surface area contributed by atoms with Crippen LogP contribution in [0.25, 0.3) is 0 Å². The number of nitrogens with zero attached hydrogens (tertiary/aromatic N) is 2. The highest BCUT2D eigenvalue weighted by molar-refractivity contribution is 7.92. The van der Waals surface area contributed by atoms with Gasteiger partial charge in [0.2, 0.25) is 0 Å². The fourth-order valence-electron chi connectivity index (χ4n) is 3.70. The van der Waals surface area contributed by atoms with Gasteiger partial charge in [0.1, 0.15) is 0 Å². The van der Waals surface area contributed by atoms with Gasteiger partial charge in [0.25, 0.3) is 15.9 Å². The smallest absolute Gasteiger partial charge is 0.337 e. The number of nitrogens with one attached hydrogen (secondary N) is 1. The largest absolute Gasteiger partial charge is 0.465 e. The first kappa shape index (κ1) is 26.3. The Bertz CT molecular complexity index is 1540. The number of para-hydroxylation sites is 1. The van der Waals surface area contributed by atoms with E-state index in [-0.39, 0.29) is 22.7 Å². The molecule has 0 unspecified atom stereocenters. The number of carbonyl (C=O) groups is 2. The minimum Gasteiger partial charge on any atom is -0.465 e. The maximum atomic E-state index is 13.7. The quantitative estimate of drug-likeness (QED) is 0.194. The molecule has 0 atom stereocenters. The maximum Gasteiger partial charge on any atom is 0.337 e. The summed E-state index contributed by atoms with van der Waals surface area (Å²) in [6.45, 7) is 0.0260. The molecule has 38 heavy (non-hydrogen) atoms. The van der Waals surface area contributed by atoms with E-state index in [4.69, 9.17) is 0 Å². The Morgan fingerprint density at radius 1 is 0.842 bits per heavy atom. The molecule has 8 nitrogen and oxygen atoms in total. The van der Waals surface area contributed by atoms with Gasteiger partial charge in [0.05, 0.1) is 41.6 Å². The Balaban J connectivity index is 1.63. The van der Waals surface area contributed by atoms with Crippen LogP contribution in [0.15, 0.2) is 119 Å². The lowest BCUT2D eigenvalue weighted by atomic mass is 10.1. The molecule has 0 saturated heterocycles. The van der Waals surface area contributed by atoms with Crippen molar-refractivity contribution in [1.82, 2.24) is 5.43 Å². The number of hydrazone groups is 1. The minimum absolute atomic E-state index is 0.0260. The summed E-state index contributed by atoms with van der Waals surface area (Å²) in [6.07, 6.45) is 1.42. The predicted molar refractivity (Wildman–Crippen MR) is 146 cm³/mol. The van der Waals surface area contributed by atoms with Crippen LogP contribution in [0.4, 0.5) is 5.69 Å². The van der Waals surface area contributed by atoms with Gasteiger partial charge in [0.15, 0.2) is 0 Å². The number of methoxy groups -OCH3 is 1. The standard InChI is InChI=1S/C29H25N3O5S/c1-37-29(34)24-18-16-22(17-19-24)20-30-31-28(33)26-14-8-9-15-27(26)32(21-23-10-4-2-5-11-23)38(35,36)25-12-6-3-7-13-25/h2-20H,21H2,1H3,(H,31,33)/b30-20-. The second kappa shape index (κ2) is 12.0. The summed E-state index contributed by atoms with van der Waals surface area (Å²) in [6, 6.07) is 30.2. The van der Waals surface area contributed by atoms with Crippen LogP contribution in [0.5, 0.6) is 0 Å². The van der Waals surface area contributed by atoms with Gasteiger partial charge in [-0.25, -0.2) is 18.6 Å². The zero-order valence-corrected chi connectivity index (χ0v) is 21.3. The van der Waals surface area contributed by atoms with Crippen LogP contribution >= 0.6 is 0 Å². The molecular formula is C29H25N3O5S. The summed E-state index contributed by atoms with van der Waals surface area (Å²) in [4.78, 5) is 24.9. The third kappa shape index (κ3) is 6.13. The van der Waals surface area contributed by atoms with Crippen molar-refractivity contribution in [1.29, 1.82) is 0 Å². The van der Waals surface area contributed by atoms with Crippen molar-refractivity contribution in [3.63, 3.8) is 0 Å². The van der Waals surface area contributed by atoms with Gasteiger partial charge >= 0.3 is 5.97 Å². The third-order valence-electron chi connectivity index (χ3n) is 5.63. The van der Waals surface area contributed by atoms with E-state index in [0.717, 1.165) is 5.56 Å². The van der Waals surface area contributed by atoms with Crippen LogP contribution in [0.3, 0.4) is 0 Å². The second-order valence-electron chi connectivity index (χ2n) is 8.14. The van der Waals surface area contributed by atoms with E-state index in [1.165, 1.54) is 29.8 Å². The highest BCUT2D eigenvalue weighted by Crippen LogP contribution is 2.29. The molecule has 0 spiro atoms. The van der Waals surface area contributed by atoms with Crippen molar-refractivity contribution in [3.05, 3.63) is 131 Å². The van der Waals surface area contributed by atoms with Gasteiger partial charge < -0.3 is 4.74 Å². The van der Waals surface area contributed by atoms with Gasteiger partial charge in [-0.3, -0.25) is 9.10 Å². The first-order chi connectivity index (χ1) is 18.4. The molecule has 0 heterocycles. The lowest BCUT2D eigenvalue weighted by Gasteiger charge is -2.26. The zero-order valence-electron chi connectivity index (χ0n) is 20.5. The van der Waals surface area contributed by atoms with Crippen molar-refractivity contribution in [2.24, 2.45) is 5.10 Å². The molecule has 9 heteroatoms. The first-order valence-electron chi connectivity index (χ1n) is 11.6. The molecule has 0 saturated carbocycles. The highest BCUT2D eigenvalue weighted by Gasteiger charge is 2.28. The molecule has 4 aromatic rings. The van der Waals surface area contributed by atoms with Crippen LogP contribution in [0.1, 0.15) is 31.8 Å². The van der Waals surface area contributed by atoms with Crippen molar-refractivity contribution in [3.8, 4) is 0 Å². The van der Waals surface area contributed by atoms with E-state index in [9.17, 15) is 18.0 Å². The molecule has 0 aromatic heterocycles. The molecule has 4 rings (SSSR count). The Hall–Kier alpha value is -4.76. The number of hydrogen-bond acceptors (Lipinski definition) is 6. The third-order valence-corrected chi connectivity index (χ3v) is 7.40. The summed E-state index contributed by atoms with van der Waals surface area (Å²) in [7, 11) is -2.71. The number of hydrogen-bond donors (Lipinski definition) is 1. The second-order valence-corrected chi connectivity index (χ2v) is 10.0. The monoisotopic (exact) mass is 527 g/mol. The van der Waals surface area contributed by atoms with E-state index in [1.54, 1.807) is 66.7 Å². The molecule has 0 aliphatic rings. The summed E-state index contributed by atoms with van der Waals surface area (Å²) >= 11 is 0. The molecule has 192 valence electrons. The van der Waals surface area contributed by atoms with Gasteiger partial charge in [-0.05, 0) is 47.5 Å². The van der Waals surface area contributed by atoms with E-state index < -0.39 is 21.9 Å². The number of ether oxygens (including phenoxy) is 1. The van der Waals surface area contributed by atoms with Crippen LogP contribution in [0, 0.1) is 0 Å². The van der Waals surface area contributed by atoms with Gasteiger partial charge in [-0.2, -0.15) is 5.10 Å². The fourth-order valence-corrected chi connectivity index (χ4v) is 5.19. The Morgan fingerprint density at radius 2 is 1.45 bits per heavy atom. The van der Waals surface area contributed by atoms with Crippen molar-refractivity contribution < 1.29 is 22.7 Å². The molecule has 0 aliphatic heterocycles. The molecule has 0 fully saturated rings. The van der Waals surface area contributed by atoms with E-state index in [1.807, 2.05) is 30.3 Å². The fraction of sp³-hybridized carbons (Fsp3) is 0.0690. The molecule has 0 bridgehead atoms. The summed E-state index contributed by atoms with van der Waals surface area (Å²) in [5, 5.41) is 4.01. The number of benzene rings is 4. The number of amides is 1. The molecule has 1 amide bonds. The van der Waals surface area contributed by atoms with E-state index in [0.29, 0.717) is 11.1 Å². The number of anilines is 1. The molecule has 0 radical (unpaired) electrons. The lowest BCUT2D eigenvalue weighted by Crippen LogP contribution is -2.33. The topological polar surface area (TPSA) is 105 Å². The lowest BCUT2D eigenvalue weighted by molar-refractivity contribution is 0.0600. The molecule has 1 N–H and O–H groups in total. The maximum absolute atomic E-state index is 13.7. The Labute approximate surface area is 221 Å². The summed E-state index contributed by atoms with van der Waals surface area (Å²) in [5.74, 6) is -1.03. The number of carbonyl (C=O) groups excluding carboxylic acids is 2. The van der Waals surface area contributed by atoms with E-state index in [2.05, 4.69) is 15.3 Å². The van der Waals surface area contributed by atoms with Gasteiger partial charge in [-0.15, -0.1) is 0 Å². The van der Waals surface area contributed by atoms with E-state index >= 15 is 0 Å². The van der Waals surface area contributed by atoms with Gasteiger partial charge in [0, 0.05) is 0 Å². The Morgan fingerprint density at radius 3 is 2.11 bits per heavy atom. The molecule has 4 aromatic carbocycles. The average molecular weight is 528 g/mol. The number of sulfonamides is 1. The first-order valence-corrected chi connectivity index (χ1v) is 13.1. The van der Waals surface area contributed by atoms with Crippen LogP contribution in [-0.2, 0) is 21.3 Å². The van der Waals surface area contributed by atoms with Crippen molar-refractivity contribution >= 4 is 33.8 Å². The predicted octanol–water partition coefficient (Wildman–Crippen LogP) is 4.63. The number of rotatable bonds is 9.